The highest BCUT2D eigenvalue weighted by Crippen LogP contribution is 2.16. The third-order valence-electron chi connectivity index (χ3n) is 2.68. The van der Waals surface area contributed by atoms with Crippen LogP contribution in [0, 0.1) is 6.92 Å². The average Bonchev–Trinajstić information content (AvgIpc) is 2.44. The zero-order chi connectivity index (χ0) is 15.4. The number of hydrogen-bond donors (Lipinski definition) is 1. The second kappa shape index (κ2) is 6.91. The molecule has 0 fully saturated rings. The van der Waals surface area contributed by atoms with E-state index in [-0.39, 0.29) is 17.2 Å². The minimum Gasteiger partial charge on any atom is -0.325 e. The van der Waals surface area contributed by atoms with Crippen LogP contribution in [-0.2, 0) is 11.8 Å². The number of amides is 1. The number of nitrogens with zero attached hydrogens (tertiary/aromatic N) is 2. The number of anilines is 1. The topological polar surface area (TPSA) is 64.0 Å². The van der Waals surface area contributed by atoms with Gasteiger partial charge in [0.2, 0.25) is 5.91 Å². The molecule has 1 N–H and O–H groups in total. The van der Waals surface area contributed by atoms with Crippen LogP contribution >= 0.6 is 27.7 Å². The molecule has 0 aliphatic carbocycles. The van der Waals surface area contributed by atoms with Gasteiger partial charge in [-0.1, -0.05) is 27.7 Å². The Balaban J connectivity index is 1.98. The minimum atomic E-state index is -0.141. The first kappa shape index (κ1) is 15.8. The van der Waals surface area contributed by atoms with Crippen LogP contribution in [0.25, 0.3) is 0 Å². The van der Waals surface area contributed by atoms with Crippen molar-refractivity contribution < 1.29 is 4.79 Å². The van der Waals surface area contributed by atoms with Crippen molar-refractivity contribution in [1.29, 1.82) is 0 Å². The number of aromatic nitrogens is 2. The largest absolute Gasteiger partial charge is 0.325 e. The molecule has 0 radical (unpaired) electrons. The fraction of sp³-hybridized carbons (Fsp3) is 0.214. The molecule has 5 nitrogen and oxygen atoms in total. The second-order valence-electron chi connectivity index (χ2n) is 4.42. The van der Waals surface area contributed by atoms with Crippen molar-refractivity contribution in [2.45, 2.75) is 12.1 Å². The maximum absolute atomic E-state index is 11.9. The molecular weight excluding hydrogens is 354 g/mol. The second-order valence-corrected chi connectivity index (χ2v) is 6.28. The summed E-state index contributed by atoms with van der Waals surface area (Å²) >= 11 is 4.57. The average molecular weight is 368 g/mol. The summed E-state index contributed by atoms with van der Waals surface area (Å²) in [7, 11) is 1.64. The van der Waals surface area contributed by atoms with E-state index in [1.807, 2.05) is 24.3 Å². The summed E-state index contributed by atoms with van der Waals surface area (Å²) in [6.45, 7) is 1.76. The van der Waals surface area contributed by atoms with Crippen LogP contribution in [0.5, 0.6) is 0 Å². The zero-order valence-corrected chi connectivity index (χ0v) is 14.0. The first-order valence-electron chi connectivity index (χ1n) is 6.18. The molecule has 110 valence electrons. The lowest BCUT2D eigenvalue weighted by molar-refractivity contribution is -0.113. The molecule has 1 heterocycles. The Labute approximate surface area is 134 Å². The van der Waals surface area contributed by atoms with Crippen molar-refractivity contribution in [2.24, 2.45) is 7.05 Å². The summed E-state index contributed by atoms with van der Waals surface area (Å²) in [5, 5.41) is 3.33. The zero-order valence-electron chi connectivity index (χ0n) is 11.6. The van der Waals surface area contributed by atoms with E-state index in [0.717, 1.165) is 10.2 Å². The molecule has 1 aromatic heterocycles. The summed E-state index contributed by atoms with van der Waals surface area (Å²) in [6, 6.07) is 8.80. The Bertz CT molecular complexity index is 713. The van der Waals surface area contributed by atoms with E-state index in [2.05, 4.69) is 26.2 Å². The molecule has 2 aromatic rings. The standard InChI is InChI=1S/C14H14BrN3O2S/c1-9-7-13(20)18(2)14(16-9)21-8-12(19)17-11-5-3-10(15)4-6-11/h3-7H,8H2,1-2H3,(H,17,19). The molecule has 1 amide bonds. The van der Waals surface area contributed by atoms with Crippen LogP contribution in [0.15, 0.2) is 44.8 Å². The van der Waals surface area contributed by atoms with Crippen LogP contribution in [0.3, 0.4) is 0 Å². The molecule has 2 rings (SSSR count). The number of carbonyl (C=O) groups is 1. The Hall–Kier alpha value is -1.60. The highest BCUT2D eigenvalue weighted by atomic mass is 79.9. The molecule has 0 atom stereocenters. The third-order valence-corrected chi connectivity index (χ3v) is 4.24. The molecule has 0 aliphatic heterocycles. The first-order valence-corrected chi connectivity index (χ1v) is 7.96. The van der Waals surface area contributed by atoms with E-state index in [1.165, 1.54) is 22.4 Å². The summed E-state index contributed by atoms with van der Waals surface area (Å²) in [4.78, 5) is 27.8. The van der Waals surface area contributed by atoms with Gasteiger partial charge < -0.3 is 5.32 Å². The van der Waals surface area contributed by atoms with E-state index >= 15 is 0 Å². The maximum atomic E-state index is 11.9. The molecular formula is C14H14BrN3O2S. The van der Waals surface area contributed by atoms with Gasteiger partial charge in [-0.15, -0.1) is 0 Å². The number of hydrogen-bond acceptors (Lipinski definition) is 4. The lowest BCUT2D eigenvalue weighted by Crippen LogP contribution is -2.21. The van der Waals surface area contributed by atoms with Crippen molar-refractivity contribution in [2.75, 3.05) is 11.1 Å². The number of thioether (sulfide) groups is 1. The number of rotatable bonds is 4. The highest BCUT2D eigenvalue weighted by molar-refractivity contribution is 9.10. The third kappa shape index (κ3) is 4.44. The minimum absolute atomic E-state index is 0.127. The van der Waals surface area contributed by atoms with E-state index in [1.54, 1.807) is 14.0 Å². The molecule has 0 spiro atoms. The van der Waals surface area contributed by atoms with Gasteiger partial charge in [-0.3, -0.25) is 14.2 Å². The summed E-state index contributed by atoms with van der Waals surface area (Å²) < 4.78 is 2.39. The number of nitrogens with one attached hydrogen (secondary N) is 1. The fourth-order valence-electron chi connectivity index (χ4n) is 1.62. The quantitative estimate of drug-likeness (QED) is 0.666. The maximum Gasteiger partial charge on any atom is 0.254 e. The van der Waals surface area contributed by atoms with Gasteiger partial charge in [0.25, 0.3) is 5.56 Å². The summed E-state index contributed by atoms with van der Waals surface area (Å²) in [6.07, 6.45) is 0. The Morgan fingerprint density at radius 1 is 1.38 bits per heavy atom. The predicted molar refractivity (Wildman–Crippen MR) is 87.7 cm³/mol. The predicted octanol–water partition coefficient (Wildman–Crippen LogP) is 2.58. The van der Waals surface area contributed by atoms with Crippen LogP contribution in [-0.4, -0.2) is 21.2 Å². The number of carbonyl (C=O) groups excluding carboxylic acids is 1. The van der Waals surface area contributed by atoms with E-state index in [4.69, 9.17) is 0 Å². The first-order chi connectivity index (χ1) is 9.95. The van der Waals surface area contributed by atoms with Crippen molar-refractivity contribution in [3.8, 4) is 0 Å². The lowest BCUT2D eigenvalue weighted by atomic mass is 10.3. The summed E-state index contributed by atoms with van der Waals surface area (Å²) in [5.74, 6) is 0.0536. The van der Waals surface area contributed by atoms with E-state index in [0.29, 0.717) is 10.9 Å². The van der Waals surface area contributed by atoms with Gasteiger partial charge in [0.1, 0.15) is 0 Å². The molecule has 0 saturated carbocycles. The van der Waals surface area contributed by atoms with Gasteiger partial charge >= 0.3 is 0 Å². The lowest BCUT2D eigenvalue weighted by Gasteiger charge is -2.08. The molecule has 21 heavy (non-hydrogen) atoms. The Kier molecular flexibility index (Phi) is 5.19. The Morgan fingerprint density at radius 3 is 2.71 bits per heavy atom. The van der Waals surface area contributed by atoms with Crippen LogP contribution in [0.4, 0.5) is 5.69 Å². The van der Waals surface area contributed by atoms with Crippen molar-refractivity contribution >= 4 is 39.3 Å². The summed E-state index contributed by atoms with van der Waals surface area (Å²) in [5.41, 5.74) is 1.25. The fourth-order valence-corrected chi connectivity index (χ4v) is 2.71. The van der Waals surface area contributed by atoms with Gasteiger partial charge in [0.15, 0.2) is 5.16 Å². The van der Waals surface area contributed by atoms with Gasteiger partial charge in [-0.25, -0.2) is 4.98 Å². The van der Waals surface area contributed by atoms with Crippen molar-refractivity contribution in [3.05, 3.63) is 50.9 Å². The van der Waals surface area contributed by atoms with Gasteiger partial charge in [0.05, 0.1) is 5.75 Å². The van der Waals surface area contributed by atoms with Crippen LogP contribution < -0.4 is 10.9 Å². The molecule has 0 aliphatic rings. The normalized spacial score (nSPS) is 10.4. The van der Waals surface area contributed by atoms with Gasteiger partial charge in [0, 0.05) is 29.0 Å². The van der Waals surface area contributed by atoms with Crippen molar-refractivity contribution in [1.82, 2.24) is 9.55 Å². The number of aryl methyl sites for hydroxylation is 1. The molecule has 0 saturated heterocycles. The SMILES string of the molecule is Cc1cc(=O)n(C)c(SCC(=O)Nc2ccc(Br)cc2)n1. The number of halogens is 1. The molecule has 1 aromatic carbocycles. The highest BCUT2D eigenvalue weighted by Gasteiger charge is 2.08. The Morgan fingerprint density at radius 2 is 2.05 bits per heavy atom. The molecule has 0 unspecified atom stereocenters. The van der Waals surface area contributed by atoms with Crippen LogP contribution in [0.2, 0.25) is 0 Å². The monoisotopic (exact) mass is 367 g/mol. The number of benzene rings is 1. The van der Waals surface area contributed by atoms with Gasteiger partial charge in [-0.05, 0) is 31.2 Å². The van der Waals surface area contributed by atoms with E-state index in [9.17, 15) is 9.59 Å². The smallest absolute Gasteiger partial charge is 0.254 e. The molecule has 0 bridgehead atoms. The van der Waals surface area contributed by atoms with E-state index < -0.39 is 0 Å². The van der Waals surface area contributed by atoms with Gasteiger partial charge in [-0.2, -0.15) is 0 Å². The van der Waals surface area contributed by atoms with Crippen molar-refractivity contribution in [3.63, 3.8) is 0 Å². The molecule has 7 heteroatoms. The van der Waals surface area contributed by atoms with Crippen LogP contribution in [0.1, 0.15) is 5.69 Å².